The zero-order valence-corrected chi connectivity index (χ0v) is 19.0. The molecule has 2 aromatic heterocycles. The van der Waals surface area contributed by atoms with E-state index >= 15 is 0 Å². The molecule has 0 amide bonds. The molecular weight excluding hydrogens is 400 g/mol. The second-order valence-electron chi connectivity index (χ2n) is 9.55. The third-order valence-corrected chi connectivity index (χ3v) is 5.80. The highest BCUT2D eigenvalue weighted by atomic mass is 16.6. The van der Waals surface area contributed by atoms with Crippen molar-refractivity contribution in [2.75, 3.05) is 0 Å². The van der Waals surface area contributed by atoms with Gasteiger partial charge in [-0.2, -0.15) is 0 Å². The number of hydrogen-bond acceptors (Lipinski definition) is 4. The SMILES string of the molecule is CC(C)(C)OC(=O)CCC1CC(=O)c2c([nH]c(-c3ccncc3)c2Cc2ccccc2)C1. The summed E-state index contributed by atoms with van der Waals surface area (Å²) in [6.45, 7) is 5.61. The number of nitrogens with one attached hydrogen (secondary N) is 1. The lowest BCUT2D eigenvalue weighted by atomic mass is 9.82. The number of hydrogen-bond donors (Lipinski definition) is 1. The lowest BCUT2D eigenvalue weighted by molar-refractivity contribution is -0.155. The number of H-pyrrole nitrogens is 1. The number of esters is 1. The van der Waals surface area contributed by atoms with Gasteiger partial charge in [-0.15, -0.1) is 0 Å². The first kappa shape index (κ1) is 22.0. The van der Waals surface area contributed by atoms with Gasteiger partial charge in [0.25, 0.3) is 0 Å². The van der Waals surface area contributed by atoms with Crippen LogP contribution in [0.1, 0.15) is 67.2 Å². The van der Waals surface area contributed by atoms with Crippen molar-refractivity contribution >= 4 is 11.8 Å². The Morgan fingerprint density at radius 2 is 1.81 bits per heavy atom. The van der Waals surface area contributed by atoms with E-state index in [0.717, 1.165) is 34.5 Å². The predicted octanol–water partition coefficient (Wildman–Crippen LogP) is 5.53. The number of ether oxygens (including phenoxy) is 1. The molecule has 0 fully saturated rings. The molecule has 0 aliphatic heterocycles. The number of fused-ring (bicyclic) bond motifs is 1. The Balaban J connectivity index is 1.60. The second-order valence-corrected chi connectivity index (χ2v) is 9.55. The van der Waals surface area contributed by atoms with Gasteiger partial charge in [0.05, 0.1) is 5.69 Å². The van der Waals surface area contributed by atoms with Gasteiger partial charge in [0.15, 0.2) is 5.78 Å². The minimum atomic E-state index is -0.488. The summed E-state index contributed by atoms with van der Waals surface area (Å²) in [6, 6.07) is 14.2. The Morgan fingerprint density at radius 1 is 1.09 bits per heavy atom. The van der Waals surface area contributed by atoms with Crippen molar-refractivity contribution in [3.63, 3.8) is 0 Å². The van der Waals surface area contributed by atoms with Gasteiger partial charge in [0.1, 0.15) is 5.60 Å². The molecule has 0 saturated carbocycles. The average molecular weight is 431 g/mol. The summed E-state index contributed by atoms with van der Waals surface area (Å²) in [5.74, 6) is 0.0865. The van der Waals surface area contributed by atoms with E-state index in [1.165, 1.54) is 5.56 Å². The molecule has 5 nitrogen and oxygen atoms in total. The molecule has 1 atom stereocenters. The number of carbonyl (C=O) groups excluding carboxylic acids is 2. The van der Waals surface area contributed by atoms with Crippen LogP contribution in [0.15, 0.2) is 54.9 Å². The Labute approximate surface area is 189 Å². The molecule has 1 N–H and O–H groups in total. The summed E-state index contributed by atoms with van der Waals surface area (Å²) >= 11 is 0. The van der Waals surface area contributed by atoms with E-state index in [2.05, 4.69) is 22.1 Å². The Hall–Kier alpha value is -3.21. The fourth-order valence-corrected chi connectivity index (χ4v) is 4.47. The molecule has 3 aromatic rings. The molecule has 0 radical (unpaired) electrons. The standard InChI is InChI=1S/C27H30N2O3/c1-27(2,3)32-24(31)10-9-19-16-22-25(23(30)17-19)21(15-18-7-5-4-6-8-18)26(29-22)20-11-13-28-14-12-20/h4-8,11-14,19,29H,9-10,15-17H2,1-3H3. The fourth-order valence-electron chi connectivity index (χ4n) is 4.47. The van der Waals surface area contributed by atoms with Gasteiger partial charge in [-0.25, -0.2) is 0 Å². The average Bonchev–Trinajstić information content (AvgIpc) is 3.11. The zero-order valence-electron chi connectivity index (χ0n) is 19.0. The fraction of sp³-hybridized carbons (Fsp3) is 0.370. The third-order valence-electron chi connectivity index (χ3n) is 5.80. The van der Waals surface area contributed by atoms with Crippen LogP contribution in [0.3, 0.4) is 0 Å². The second kappa shape index (κ2) is 9.11. The van der Waals surface area contributed by atoms with Gasteiger partial charge in [0, 0.05) is 48.5 Å². The molecule has 4 rings (SSSR count). The summed E-state index contributed by atoms with van der Waals surface area (Å²) in [6.07, 6.45) is 6.44. The van der Waals surface area contributed by atoms with Gasteiger partial charge >= 0.3 is 5.97 Å². The largest absolute Gasteiger partial charge is 0.460 e. The molecule has 5 heteroatoms. The molecule has 32 heavy (non-hydrogen) atoms. The number of pyridine rings is 1. The van der Waals surface area contributed by atoms with E-state index in [-0.39, 0.29) is 17.7 Å². The third kappa shape index (κ3) is 5.16. The van der Waals surface area contributed by atoms with Crippen LogP contribution in [0, 0.1) is 5.92 Å². The first-order chi connectivity index (χ1) is 15.3. The zero-order chi connectivity index (χ0) is 22.7. The van der Waals surface area contributed by atoms with Crippen LogP contribution < -0.4 is 0 Å². The summed E-state index contributed by atoms with van der Waals surface area (Å²) < 4.78 is 5.43. The van der Waals surface area contributed by atoms with E-state index in [0.29, 0.717) is 25.7 Å². The first-order valence-electron chi connectivity index (χ1n) is 11.2. The topological polar surface area (TPSA) is 72.1 Å². The van der Waals surface area contributed by atoms with Crippen LogP contribution in [0.2, 0.25) is 0 Å². The quantitative estimate of drug-likeness (QED) is 0.522. The van der Waals surface area contributed by atoms with Gasteiger partial charge < -0.3 is 9.72 Å². The van der Waals surface area contributed by atoms with Gasteiger partial charge in [-0.1, -0.05) is 30.3 Å². The van der Waals surface area contributed by atoms with Gasteiger partial charge in [0.2, 0.25) is 0 Å². The predicted molar refractivity (Wildman–Crippen MR) is 124 cm³/mol. The maximum Gasteiger partial charge on any atom is 0.306 e. The van der Waals surface area contributed by atoms with Crippen LogP contribution in [0.25, 0.3) is 11.3 Å². The van der Waals surface area contributed by atoms with E-state index in [1.54, 1.807) is 12.4 Å². The highest BCUT2D eigenvalue weighted by molar-refractivity contribution is 6.01. The molecule has 0 spiro atoms. The van der Waals surface area contributed by atoms with Crippen LogP contribution >= 0.6 is 0 Å². The Kier molecular flexibility index (Phi) is 6.26. The molecule has 0 bridgehead atoms. The van der Waals surface area contributed by atoms with E-state index in [4.69, 9.17) is 4.74 Å². The van der Waals surface area contributed by atoms with Crippen molar-refractivity contribution in [1.29, 1.82) is 0 Å². The highest BCUT2D eigenvalue weighted by Gasteiger charge is 2.32. The van der Waals surface area contributed by atoms with E-state index in [1.807, 2.05) is 51.1 Å². The molecule has 1 aliphatic rings. The summed E-state index contributed by atoms with van der Waals surface area (Å²) in [7, 11) is 0. The van der Waals surface area contributed by atoms with Crippen molar-refractivity contribution in [3.05, 3.63) is 77.2 Å². The molecule has 1 unspecified atom stereocenters. The molecule has 2 heterocycles. The van der Waals surface area contributed by atoms with Crippen molar-refractivity contribution in [2.45, 2.75) is 58.5 Å². The Bertz CT molecular complexity index is 1100. The summed E-state index contributed by atoms with van der Waals surface area (Å²) in [5.41, 5.74) is 5.55. The smallest absolute Gasteiger partial charge is 0.306 e. The summed E-state index contributed by atoms with van der Waals surface area (Å²) in [4.78, 5) is 33.1. The molecular formula is C27H30N2O3. The first-order valence-corrected chi connectivity index (χ1v) is 11.2. The number of nitrogens with zero attached hydrogens (tertiary/aromatic N) is 1. The summed E-state index contributed by atoms with van der Waals surface area (Å²) in [5, 5.41) is 0. The Morgan fingerprint density at radius 3 is 2.50 bits per heavy atom. The number of benzene rings is 1. The van der Waals surface area contributed by atoms with Crippen molar-refractivity contribution in [1.82, 2.24) is 9.97 Å². The molecule has 1 aliphatic carbocycles. The number of Topliss-reactive ketones (excluding diaryl/α,β-unsaturated/α-hetero) is 1. The van der Waals surface area contributed by atoms with Crippen LogP contribution in [0.4, 0.5) is 0 Å². The normalized spacial score (nSPS) is 16.0. The van der Waals surface area contributed by atoms with E-state index < -0.39 is 5.60 Å². The number of rotatable bonds is 6. The van der Waals surface area contributed by atoms with E-state index in [9.17, 15) is 9.59 Å². The van der Waals surface area contributed by atoms with Crippen LogP contribution in [-0.2, 0) is 22.4 Å². The minimum Gasteiger partial charge on any atom is -0.460 e. The van der Waals surface area contributed by atoms with Crippen molar-refractivity contribution in [3.8, 4) is 11.3 Å². The maximum absolute atomic E-state index is 13.3. The lowest BCUT2D eigenvalue weighted by Gasteiger charge is -2.23. The minimum absolute atomic E-state index is 0.135. The lowest BCUT2D eigenvalue weighted by Crippen LogP contribution is -2.25. The number of aromatic nitrogens is 2. The van der Waals surface area contributed by atoms with Crippen LogP contribution in [0.5, 0.6) is 0 Å². The van der Waals surface area contributed by atoms with Gasteiger partial charge in [-0.05, 0) is 62.8 Å². The van der Waals surface area contributed by atoms with Gasteiger partial charge in [-0.3, -0.25) is 14.6 Å². The monoisotopic (exact) mass is 430 g/mol. The molecule has 0 saturated heterocycles. The van der Waals surface area contributed by atoms with Crippen molar-refractivity contribution < 1.29 is 14.3 Å². The molecule has 1 aromatic carbocycles. The number of carbonyl (C=O) groups is 2. The maximum atomic E-state index is 13.3. The van der Waals surface area contributed by atoms with Crippen LogP contribution in [-0.4, -0.2) is 27.3 Å². The molecule has 166 valence electrons. The highest BCUT2D eigenvalue weighted by Crippen LogP contribution is 2.37. The number of ketones is 1. The van der Waals surface area contributed by atoms with Crippen molar-refractivity contribution in [2.24, 2.45) is 5.92 Å². The number of aromatic amines is 1.